The molecule has 0 radical (unpaired) electrons. The Morgan fingerprint density at radius 2 is 2.00 bits per heavy atom. The topological polar surface area (TPSA) is 105 Å². The van der Waals surface area contributed by atoms with Crippen LogP contribution in [0, 0.1) is 10.1 Å². The molecule has 0 aliphatic carbocycles. The Morgan fingerprint density at radius 1 is 1.29 bits per heavy atom. The van der Waals surface area contributed by atoms with Gasteiger partial charge in [-0.3, -0.25) is 14.9 Å². The predicted octanol–water partition coefficient (Wildman–Crippen LogP) is 2.16. The number of benzene rings is 1. The Bertz CT molecular complexity index is 652. The Balaban J connectivity index is 3.25. The molecule has 0 bridgehead atoms. The number of nitrogens with zero attached hydrogens (tertiary/aromatic N) is 1. The second-order valence-electron chi connectivity index (χ2n) is 4.71. The van der Waals surface area contributed by atoms with Gasteiger partial charge in [0.15, 0.2) is 5.78 Å². The molecule has 0 fully saturated rings. The summed E-state index contributed by atoms with van der Waals surface area (Å²) in [7, 11) is 2.50. The molecule has 0 saturated carbocycles. The lowest BCUT2D eigenvalue weighted by atomic mass is 10.1. The van der Waals surface area contributed by atoms with E-state index in [-0.39, 0.29) is 29.2 Å². The first-order chi connectivity index (χ1) is 11.4. The molecule has 1 rings (SSSR count). The zero-order valence-corrected chi connectivity index (χ0v) is 13.7. The predicted molar refractivity (Wildman–Crippen MR) is 85.8 cm³/mol. The molecule has 0 spiro atoms. The highest BCUT2D eigenvalue weighted by atomic mass is 16.6. The van der Waals surface area contributed by atoms with E-state index < -0.39 is 16.7 Å². The molecule has 0 atom stereocenters. The number of nitro benzene ring substituents is 1. The van der Waals surface area contributed by atoms with Crippen LogP contribution in [0.15, 0.2) is 23.8 Å². The summed E-state index contributed by atoms with van der Waals surface area (Å²) in [6.45, 7) is 1.93. The Kier molecular flexibility index (Phi) is 7.57. The van der Waals surface area contributed by atoms with E-state index >= 15 is 0 Å². The minimum Gasteiger partial charge on any atom is -0.497 e. The smallest absolute Gasteiger partial charge is 0.341 e. The van der Waals surface area contributed by atoms with Gasteiger partial charge in [-0.15, -0.1) is 0 Å². The van der Waals surface area contributed by atoms with Crippen molar-refractivity contribution in [3.05, 3.63) is 39.4 Å². The van der Waals surface area contributed by atoms with Gasteiger partial charge in [-0.25, -0.2) is 4.79 Å². The summed E-state index contributed by atoms with van der Waals surface area (Å²) in [5.74, 6) is -1.21. The Morgan fingerprint density at radius 3 is 2.54 bits per heavy atom. The Hall–Kier alpha value is -2.74. The lowest BCUT2D eigenvalue weighted by Crippen LogP contribution is -2.19. The molecule has 0 amide bonds. The van der Waals surface area contributed by atoms with E-state index in [9.17, 15) is 19.7 Å². The van der Waals surface area contributed by atoms with Crippen LogP contribution in [0.25, 0.3) is 6.08 Å². The lowest BCUT2D eigenvalue weighted by Gasteiger charge is -2.07. The van der Waals surface area contributed by atoms with E-state index in [1.807, 2.05) is 6.92 Å². The molecule has 0 aliphatic heterocycles. The zero-order chi connectivity index (χ0) is 18.1. The summed E-state index contributed by atoms with van der Waals surface area (Å²) in [4.78, 5) is 34.5. The third-order valence-electron chi connectivity index (χ3n) is 3.02. The van der Waals surface area contributed by atoms with Gasteiger partial charge in [0.2, 0.25) is 0 Å². The monoisotopic (exact) mass is 337 g/mol. The summed E-state index contributed by atoms with van der Waals surface area (Å²) in [6.07, 6.45) is 1.84. The number of nitro groups is 1. The molecule has 1 aromatic carbocycles. The number of ether oxygens (including phenoxy) is 3. The largest absolute Gasteiger partial charge is 0.497 e. The van der Waals surface area contributed by atoms with Gasteiger partial charge in [0.25, 0.3) is 5.69 Å². The molecule has 130 valence electrons. The van der Waals surface area contributed by atoms with Crippen LogP contribution in [0.4, 0.5) is 5.69 Å². The molecular weight excluding hydrogens is 318 g/mol. The van der Waals surface area contributed by atoms with E-state index in [1.54, 1.807) is 0 Å². The van der Waals surface area contributed by atoms with Crippen LogP contribution in [-0.2, 0) is 19.1 Å². The van der Waals surface area contributed by atoms with Crippen molar-refractivity contribution in [2.75, 3.05) is 27.4 Å². The second-order valence-corrected chi connectivity index (χ2v) is 4.71. The first-order valence-electron chi connectivity index (χ1n) is 7.18. The zero-order valence-electron chi connectivity index (χ0n) is 13.7. The highest BCUT2D eigenvalue weighted by Crippen LogP contribution is 2.27. The number of ketones is 1. The summed E-state index contributed by atoms with van der Waals surface area (Å²) >= 11 is 0. The van der Waals surface area contributed by atoms with Gasteiger partial charge in [0, 0.05) is 6.61 Å². The third kappa shape index (κ3) is 5.17. The van der Waals surface area contributed by atoms with Gasteiger partial charge in [0.05, 0.1) is 30.8 Å². The van der Waals surface area contributed by atoms with Gasteiger partial charge in [0.1, 0.15) is 17.9 Å². The van der Waals surface area contributed by atoms with Gasteiger partial charge >= 0.3 is 5.97 Å². The van der Waals surface area contributed by atoms with Gasteiger partial charge in [-0.2, -0.15) is 0 Å². The van der Waals surface area contributed by atoms with Gasteiger partial charge in [-0.1, -0.05) is 6.92 Å². The van der Waals surface area contributed by atoms with Crippen LogP contribution in [0.3, 0.4) is 0 Å². The van der Waals surface area contributed by atoms with Gasteiger partial charge < -0.3 is 14.2 Å². The standard InChI is InChI=1S/C16H19NO7/c1-4-7-24-10-15(18)13(16(19)23-3)8-11-5-6-12(22-2)9-14(11)17(20)21/h5-6,8-9H,4,7,10H2,1-3H3. The first kappa shape index (κ1) is 19.3. The summed E-state index contributed by atoms with van der Waals surface area (Å²) < 4.78 is 14.6. The molecule has 0 saturated heterocycles. The van der Waals surface area contributed by atoms with Crippen molar-refractivity contribution in [2.24, 2.45) is 0 Å². The van der Waals surface area contributed by atoms with Crippen molar-refractivity contribution in [1.29, 1.82) is 0 Å². The van der Waals surface area contributed by atoms with Crippen LogP contribution >= 0.6 is 0 Å². The van der Waals surface area contributed by atoms with Crippen LogP contribution in [0.5, 0.6) is 5.75 Å². The fourth-order valence-electron chi connectivity index (χ4n) is 1.84. The molecule has 0 aromatic heterocycles. The SMILES string of the molecule is CCCOCC(=O)C(=Cc1ccc(OC)cc1[N+](=O)[O-])C(=O)OC. The van der Waals surface area contributed by atoms with Crippen molar-refractivity contribution >= 4 is 23.5 Å². The van der Waals surface area contributed by atoms with Crippen LogP contribution in [0.1, 0.15) is 18.9 Å². The summed E-state index contributed by atoms with van der Waals surface area (Å²) in [5, 5.41) is 11.2. The quantitative estimate of drug-likeness (QED) is 0.129. The number of carbonyl (C=O) groups is 2. The molecular formula is C16H19NO7. The first-order valence-corrected chi connectivity index (χ1v) is 7.18. The van der Waals surface area contributed by atoms with E-state index in [2.05, 4.69) is 4.74 Å². The maximum Gasteiger partial charge on any atom is 0.341 e. The molecule has 24 heavy (non-hydrogen) atoms. The lowest BCUT2D eigenvalue weighted by molar-refractivity contribution is -0.385. The number of carbonyl (C=O) groups excluding carboxylic acids is 2. The molecule has 8 heteroatoms. The van der Waals surface area contributed by atoms with E-state index in [0.29, 0.717) is 13.0 Å². The fourth-order valence-corrected chi connectivity index (χ4v) is 1.84. The average Bonchev–Trinajstić information content (AvgIpc) is 2.58. The molecule has 0 aliphatic rings. The number of hydrogen-bond acceptors (Lipinski definition) is 7. The highest BCUT2D eigenvalue weighted by Gasteiger charge is 2.22. The molecule has 0 heterocycles. The Labute approximate surface area is 139 Å². The molecule has 1 aromatic rings. The second kappa shape index (κ2) is 9.41. The van der Waals surface area contributed by atoms with Crippen molar-refractivity contribution in [3.8, 4) is 5.75 Å². The molecule has 0 N–H and O–H groups in total. The number of methoxy groups -OCH3 is 2. The van der Waals surface area contributed by atoms with Crippen molar-refractivity contribution in [1.82, 2.24) is 0 Å². The normalized spacial score (nSPS) is 11.0. The number of hydrogen-bond donors (Lipinski definition) is 0. The maximum atomic E-state index is 12.1. The van der Waals surface area contributed by atoms with E-state index in [1.165, 1.54) is 25.3 Å². The highest BCUT2D eigenvalue weighted by molar-refractivity contribution is 6.21. The number of Topliss-reactive ketones (excluding diaryl/α,β-unsaturated/α-hetero) is 1. The summed E-state index contributed by atoms with van der Waals surface area (Å²) in [6, 6.07) is 4.09. The fraction of sp³-hybridized carbons (Fsp3) is 0.375. The third-order valence-corrected chi connectivity index (χ3v) is 3.02. The van der Waals surface area contributed by atoms with Crippen molar-refractivity contribution in [3.63, 3.8) is 0 Å². The maximum absolute atomic E-state index is 12.1. The van der Waals surface area contributed by atoms with E-state index in [0.717, 1.165) is 13.2 Å². The van der Waals surface area contributed by atoms with Crippen molar-refractivity contribution in [2.45, 2.75) is 13.3 Å². The minimum absolute atomic E-state index is 0.0880. The van der Waals surface area contributed by atoms with E-state index in [4.69, 9.17) is 9.47 Å². The van der Waals surface area contributed by atoms with Crippen molar-refractivity contribution < 1.29 is 28.7 Å². The minimum atomic E-state index is -0.884. The van der Waals surface area contributed by atoms with Crippen LogP contribution in [0.2, 0.25) is 0 Å². The number of rotatable bonds is 9. The summed E-state index contributed by atoms with van der Waals surface area (Å²) in [5.41, 5.74) is -0.523. The van der Waals surface area contributed by atoms with Gasteiger partial charge in [-0.05, 0) is 24.6 Å². The average molecular weight is 337 g/mol. The van der Waals surface area contributed by atoms with Crippen LogP contribution < -0.4 is 4.74 Å². The van der Waals surface area contributed by atoms with Crippen LogP contribution in [-0.4, -0.2) is 44.1 Å². The number of esters is 1. The molecule has 8 nitrogen and oxygen atoms in total. The molecule has 0 unspecified atom stereocenters.